The van der Waals surface area contributed by atoms with E-state index in [2.05, 4.69) is 38.3 Å². The lowest BCUT2D eigenvalue weighted by Gasteiger charge is -2.03. The van der Waals surface area contributed by atoms with Gasteiger partial charge in [0.2, 0.25) is 5.96 Å². The minimum atomic E-state index is -0.000378. The molecule has 1 aromatic rings. The normalized spacial score (nSPS) is 11.3. The van der Waals surface area contributed by atoms with E-state index >= 15 is 0 Å². The van der Waals surface area contributed by atoms with Crippen molar-refractivity contribution in [2.75, 3.05) is 0 Å². The first-order valence-corrected chi connectivity index (χ1v) is 6.30. The number of benzene rings is 1. The molecule has 0 aliphatic rings. The van der Waals surface area contributed by atoms with Crippen LogP contribution in [0.15, 0.2) is 38.9 Å². The zero-order chi connectivity index (χ0) is 12.7. The number of guanidine groups is 1. The minimum absolute atomic E-state index is 0.000378. The number of aryl methyl sites for hydroxylation is 1. The molecule has 0 radical (unpaired) electrons. The van der Waals surface area contributed by atoms with Gasteiger partial charge >= 0.3 is 0 Å². The molecule has 0 bridgehead atoms. The first kappa shape index (κ1) is 13.7. The van der Waals surface area contributed by atoms with Crippen LogP contribution in [0.25, 0.3) is 0 Å². The largest absolute Gasteiger partial charge is 0.369 e. The number of hydrogen-bond donors (Lipinski definition) is 2. The molecule has 0 unspecified atom stereocenters. The second-order valence-corrected chi connectivity index (χ2v) is 4.59. The maximum Gasteiger partial charge on any atom is 0.211 e. The summed E-state index contributed by atoms with van der Waals surface area (Å²) >= 11 is 3.41. The highest BCUT2D eigenvalue weighted by atomic mass is 79.9. The van der Waals surface area contributed by atoms with Gasteiger partial charge in [-0.25, -0.2) is 0 Å². The van der Waals surface area contributed by atoms with Gasteiger partial charge in [-0.2, -0.15) is 5.10 Å². The molecule has 0 amide bonds. The Kier molecular flexibility index (Phi) is 5.69. The van der Waals surface area contributed by atoms with Crippen molar-refractivity contribution in [1.82, 2.24) is 0 Å². The topological polar surface area (TPSA) is 76.8 Å². The van der Waals surface area contributed by atoms with Crippen molar-refractivity contribution in [3.8, 4) is 0 Å². The van der Waals surface area contributed by atoms with Gasteiger partial charge in [-0.15, -0.1) is 5.10 Å². The Morgan fingerprint density at radius 3 is 2.35 bits per heavy atom. The summed E-state index contributed by atoms with van der Waals surface area (Å²) in [7, 11) is 0. The van der Waals surface area contributed by atoms with Crippen molar-refractivity contribution in [2.24, 2.45) is 21.7 Å². The van der Waals surface area contributed by atoms with Crippen molar-refractivity contribution >= 4 is 27.6 Å². The van der Waals surface area contributed by atoms with Crippen molar-refractivity contribution in [2.45, 2.75) is 26.2 Å². The average Bonchev–Trinajstić information content (AvgIpc) is 2.31. The molecule has 0 atom stereocenters. The summed E-state index contributed by atoms with van der Waals surface area (Å²) in [4.78, 5) is 0. The summed E-state index contributed by atoms with van der Waals surface area (Å²) in [6.07, 6.45) is 2.67. The van der Waals surface area contributed by atoms with Gasteiger partial charge in [-0.05, 0) is 37.0 Å². The van der Waals surface area contributed by atoms with E-state index in [1.807, 2.05) is 19.1 Å². The van der Waals surface area contributed by atoms with E-state index in [1.54, 1.807) is 0 Å². The number of nitrogens with zero attached hydrogens (tertiary/aromatic N) is 2. The predicted octanol–water partition coefficient (Wildman–Crippen LogP) is 2.42. The molecule has 1 rings (SSSR count). The molecule has 5 heteroatoms. The van der Waals surface area contributed by atoms with Crippen molar-refractivity contribution in [1.29, 1.82) is 0 Å². The number of nitrogens with two attached hydrogens (primary N) is 2. The molecule has 0 saturated carbocycles. The second kappa shape index (κ2) is 7.06. The molecule has 17 heavy (non-hydrogen) atoms. The molecule has 0 aromatic heterocycles. The van der Waals surface area contributed by atoms with Crippen LogP contribution < -0.4 is 11.5 Å². The van der Waals surface area contributed by atoms with E-state index in [0.717, 1.165) is 29.4 Å². The highest BCUT2D eigenvalue weighted by Gasteiger charge is 1.99. The predicted molar refractivity (Wildman–Crippen MR) is 76.0 cm³/mol. The first-order chi connectivity index (χ1) is 8.11. The van der Waals surface area contributed by atoms with Crippen LogP contribution in [-0.2, 0) is 6.42 Å². The third kappa shape index (κ3) is 5.49. The Labute approximate surface area is 110 Å². The minimum Gasteiger partial charge on any atom is -0.369 e. The molecular weight excluding hydrogens is 280 g/mol. The SMILES string of the molecule is CC/C(CCc1ccc(Br)cc1)=N\N=C(N)N. The van der Waals surface area contributed by atoms with E-state index in [0.29, 0.717) is 0 Å². The van der Waals surface area contributed by atoms with Crippen LogP contribution >= 0.6 is 15.9 Å². The Morgan fingerprint density at radius 2 is 1.82 bits per heavy atom. The van der Waals surface area contributed by atoms with Crippen LogP contribution in [-0.4, -0.2) is 11.7 Å². The van der Waals surface area contributed by atoms with Crippen molar-refractivity contribution < 1.29 is 0 Å². The van der Waals surface area contributed by atoms with E-state index in [4.69, 9.17) is 11.5 Å². The fourth-order valence-electron chi connectivity index (χ4n) is 1.37. The molecule has 92 valence electrons. The lowest BCUT2D eigenvalue weighted by molar-refractivity contribution is 0.985. The molecule has 0 aliphatic carbocycles. The van der Waals surface area contributed by atoms with Gasteiger partial charge in [0.05, 0.1) is 0 Å². The van der Waals surface area contributed by atoms with Gasteiger partial charge in [-0.1, -0.05) is 35.0 Å². The fourth-order valence-corrected chi connectivity index (χ4v) is 1.63. The van der Waals surface area contributed by atoms with Gasteiger partial charge < -0.3 is 11.5 Å². The van der Waals surface area contributed by atoms with E-state index in [1.165, 1.54) is 5.56 Å². The summed E-state index contributed by atoms with van der Waals surface area (Å²) < 4.78 is 1.09. The van der Waals surface area contributed by atoms with E-state index in [-0.39, 0.29) is 5.96 Å². The third-order valence-electron chi connectivity index (χ3n) is 2.33. The Bertz CT molecular complexity index is 405. The maximum absolute atomic E-state index is 5.23. The Balaban J connectivity index is 2.56. The van der Waals surface area contributed by atoms with Crippen LogP contribution in [0.2, 0.25) is 0 Å². The molecule has 0 saturated heterocycles. The number of hydrogen-bond acceptors (Lipinski definition) is 2. The summed E-state index contributed by atoms with van der Waals surface area (Å²) in [6, 6.07) is 8.26. The zero-order valence-corrected chi connectivity index (χ0v) is 11.4. The molecule has 0 aliphatic heterocycles. The summed E-state index contributed by atoms with van der Waals surface area (Å²) in [5.74, 6) is -0.000378. The lowest BCUT2D eigenvalue weighted by atomic mass is 10.1. The van der Waals surface area contributed by atoms with Crippen LogP contribution in [0, 0.1) is 0 Å². The summed E-state index contributed by atoms with van der Waals surface area (Å²) in [5.41, 5.74) is 12.7. The summed E-state index contributed by atoms with van der Waals surface area (Å²) in [5, 5.41) is 7.69. The fraction of sp³-hybridized carbons (Fsp3) is 0.333. The van der Waals surface area contributed by atoms with Crippen LogP contribution in [0.1, 0.15) is 25.3 Å². The lowest BCUT2D eigenvalue weighted by Crippen LogP contribution is -2.22. The standard InChI is InChI=1S/C12H17BrN4/c1-2-11(16-17-12(14)15)8-5-9-3-6-10(13)7-4-9/h3-4,6-7H,2,5,8H2,1H3,(H4,14,15,17)/b16-11+. The molecule has 4 N–H and O–H groups in total. The first-order valence-electron chi connectivity index (χ1n) is 5.50. The van der Waals surface area contributed by atoms with Crippen LogP contribution in [0.5, 0.6) is 0 Å². The van der Waals surface area contributed by atoms with Gasteiger partial charge in [0.25, 0.3) is 0 Å². The van der Waals surface area contributed by atoms with Crippen LogP contribution in [0.4, 0.5) is 0 Å². The highest BCUT2D eigenvalue weighted by Crippen LogP contribution is 2.12. The van der Waals surface area contributed by atoms with Gasteiger partial charge in [0.15, 0.2) is 0 Å². The third-order valence-corrected chi connectivity index (χ3v) is 2.86. The van der Waals surface area contributed by atoms with Gasteiger partial charge in [-0.3, -0.25) is 0 Å². The zero-order valence-electron chi connectivity index (χ0n) is 9.86. The van der Waals surface area contributed by atoms with Crippen molar-refractivity contribution in [3.63, 3.8) is 0 Å². The monoisotopic (exact) mass is 296 g/mol. The number of halogens is 1. The molecule has 0 fully saturated rings. The van der Waals surface area contributed by atoms with Crippen LogP contribution in [0.3, 0.4) is 0 Å². The summed E-state index contributed by atoms with van der Waals surface area (Å²) in [6.45, 7) is 2.04. The van der Waals surface area contributed by atoms with E-state index < -0.39 is 0 Å². The van der Waals surface area contributed by atoms with Crippen molar-refractivity contribution in [3.05, 3.63) is 34.3 Å². The average molecular weight is 297 g/mol. The smallest absolute Gasteiger partial charge is 0.211 e. The highest BCUT2D eigenvalue weighted by molar-refractivity contribution is 9.10. The molecule has 0 heterocycles. The Hall–Kier alpha value is -1.36. The Morgan fingerprint density at radius 1 is 1.18 bits per heavy atom. The molecular formula is C12H17BrN4. The number of rotatable bonds is 5. The molecule has 1 aromatic carbocycles. The second-order valence-electron chi connectivity index (χ2n) is 3.67. The quantitative estimate of drug-likeness (QED) is 0.497. The molecule has 4 nitrogen and oxygen atoms in total. The van der Waals surface area contributed by atoms with Gasteiger partial charge in [0.1, 0.15) is 0 Å². The molecule has 0 spiro atoms. The van der Waals surface area contributed by atoms with Gasteiger partial charge in [0, 0.05) is 10.2 Å². The maximum atomic E-state index is 5.23. The van der Waals surface area contributed by atoms with E-state index in [9.17, 15) is 0 Å².